The molecule has 0 unspecified atom stereocenters. The average Bonchev–Trinajstić information content (AvgIpc) is 2.46. The molecule has 12 heteroatoms. The van der Waals surface area contributed by atoms with Crippen LogP contribution >= 0.6 is 0 Å². The van der Waals surface area contributed by atoms with Gasteiger partial charge in [0, 0.05) is 13.1 Å². The molecule has 1 saturated heterocycles. The molecule has 0 atom stereocenters. The van der Waals surface area contributed by atoms with Gasteiger partial charge in [0.05, 0.1) is 14.8 Å². The summed E-state index contributed by atoms with van der Waals surface area (Å²) in [4.78, 5) is 32.3. The van der Waals surface area contributed by atoms with Crippen molar-refractivity contribution in [3.05, 3.63) is 30.3 Å². The second-order valence-corrected chi connectivity index (χ2v) is 5.04. The smallest absolute Gasteiger partial charge is 0.329 e. The minimum atomic E-state index is -1.05. The van der Waals surface area contributed by atoms with Crippen molar-refractivity contribution < 1.29 is 14.8 Å². The number of rotatable bonds is 4. The van der Waals surface area contributed by atoms with E-state index >= 15 is 0 Å². The van der Waals surface area contributed by atoms with Crippen LogP contribution in [-0.4, -0.2) is 27.9 Å². The van der Waals surface area contributed by atoms with Crippen molar-refractivity contribution in [2.24, 2.45) is 0 Å². The standard InChI is InChI=1S/C11H14N6O6/c12-6-8(15(18)19)7(13)10(17(22)23)11(9(6)16(20)21)14-4-2-1-3-5-14/h1-5,12-13H2. The SMILES string of the molecule is Nc1c([N+](=O)[O-])c(N)c([N+](=O)[O-])c(N2CCCCC2)c1[N+](=O)[O-]. The Labute approximate surface area is 129 Å². The van der Waals surface area contributed by atoms with E-state index < -0.39 is 43.2 Å². The maximum atomic E-state index is 11.4. The highest BCUT2D eigenvalue weighted by molar-refractivity contribution is 5.98. The zero-order valence-corrected chi connectivity index (χ0v) is 11.9. The number of hydrogen-bond donors (Lipinski definition) is 2. The first-order valence-corrected chi connectivity index (χ1v) is 6.70. The Morgan fingerprint density at radius 1 is 0.739 bits per heavy atom. The molecule has 0 bridgehead atoms. The number of nitrogen functional groups attached to an aromatic ring is 2. The van der Waals surface area contributed by atoms with Crippen LogP contribution < -0.4 is 16.4 Å². The molecule has 0 aliphatic carbocycles. The van der Waals surface area contributed by atoms with E-state index in [2.05, 4.69) is 0 Å². The molecule has 23 heavy (non-hydrogen) atoms. The molecule has 0 radical (unpaired) electrons. The van der Waals surface area contributed by atoms with Crippen LogP contribution in [-0.2, 0) is 0 Å². The van der Waals surface area contributed by atoms with Gasteiger partial charge in [-0.25, -0.2) is 0 Å². The molecule has 0 aromatic heterocycles. The lowest BCUT2D eigenvalue weighted by molar-refractivity contribution is -0.399. The van der Waals surface area contributed by atoms with Gasteiger partial charge in [-0.2, -0.15) is 0 Å². The number of piperidine rings is 1. The summed E-state index contributed by atoms with van der Waals surface area (Å²) in [5.74, 6) is 0. The monoisotopic (exact) mass is 326 g/mol. The lowest BCUT2D eigenvalue weighted by atomic mass is 10.1. The fourth-order valence-corrected chi connectivity index (χ4v) is 2.72. The normalized spacial score (nSPS) is 14.5. The zero-order chi connectivity index (χ0) is 17.3. The largest absolute Gasteiger partial charge is 0.387 e. The fraction of sp³-hybridized carbons (Fsp3) is 0.455. The van der Waals surface area contributed by atoms with Gasteiger partial charge >= 0.3 is 17.1 Å². The third kappa shape index (κ3) is 2.65. The molecule has 0 saturated carbocycles. The van der Waals surface area contributed by atoms with Crippen LogP contribution in [0.25, 0.3) is 0 Å². The van der Waals surface area contributed by atoms with Gasteiger partial charge in [-0.1, -0.05) is 0 Å². The predicted molar refractivity (Wildman–Crippen MR) is 81.3 cm³/mol. The lowest BCUT2D eigenvalue weighted by Gasteiger charge is -2.28. The molecule has 1 fully saturated rings. The van der Waals surface area contributed by atoms with Crippen molar-refractivity contribution in [3.8, 4) is 0 Å². The van der Waals surface area contributed by atoms with E-state index in [9.17, 15) is 30.3 Å². The van der Waals surface area contributed by atoms with Gasteiger partial charge in [-0.15, -0.1) is 0 Å². The Morgan fingerprint density at radius 3 is 1.48 bits per heavy atom. The number of hydrogen-bond acceptors (Lipinski definition) is 9. The van der Waals surface area contributed by atoms with Gasteiger partial charge in [-0.05, 0) is 19.3 Å². The summed E-state index contributed by atoms with van der Waals surface area (Å²) in [7, 11) is 0. The van der Waals surface area contributed by atoms with Crippen LogP contribution in [0.1, 0.15) is 19.3 Å². The number of nitrogens with zero attached hydrogens (tertiary/aromatic N) is 4. The van der Waals surface area contributed by atoms with Crippen LogP contribution in [0.4, 0.5) is 34.1 Å². The van der Waals surface area contributed by atoms with Gasteiger partial charge in [0.25, 0.3) is 0 Å². The van der Waals surface area contributed by atoms with Gasteiger partial charge < -0.3 is 16.4 Å². The molecular weight excluding hydrogens is 312 g/mol. The Morgan fingerprint density at radius 2 is 1.13 bits per heavy atom. The first-order chi connectivity index (χ1) is 10.8. The molecule has 0 amide bonds. The molecule has 1 aromatic carbocycles. The molecule has 4 N–H and O–H groups in total. The van der Waals surface area contributed by atoms with E-state index in [0.717, 1.165) is 6.42 Å². The summed E-state index contributed by atoms with van der Waals surface area (Å²) in [5, 5.41) is 33.8. The Hall–Kier alpha value is -3.18. The Kier molecular flexibility index (Phi) is 4.16. The average molecular weight is 326 g/mol. The first-order valence-electron chi connectivity index (χ1n) is 6.70. The van der Waals surface area contributed by atoms with Crippen LogP contribution in [0.5, 0.6) is 0 Å². The van der Waals surface area contributed by atoms with E-state index in [-0.39, 0.29) is 5.69 Å². The topological polar surface area (TPSA) is 185 Å². The summed E-state index contributed by atoms with van der Waals surface area (Å²) in [5.41, 5.74) is 6.48. The van der Waals surface area contributed by atoms with E-state index in [1.807, 2.05) is 0 Å². The summed E-state index contributed by atoms with van der Waals surface area (Å²) in [6.07, 6.45) is 2.26. The number of benzene rings is 1. The number of nitrogens with two attached hydrogens (primary N) is 2. The van der Waals surface area contributed by atoms with E-state index in [1.165, 1.54) is 4.90 Å². The summed E-state index contributed by atoms with van der Waals surface area (Å²) >= 11 is 0. The van der Waals surface area contributed by atoms with Gasteiger partial charge in [-0.3, -0.25) is 30.3 Å². The van der Waals surface area contributed by atoms with Gasteiger partial charge in [0.15, 0.2) is 17.1 Å². The highest BCUT2D eigenvalue weighted by Crippen LogP contribution is 2.51. The van der Waals surface area contributed by atoms with Crippen molar-refractivity contribution >= 4 is 34.1 Å². The molecule has 1 aromatic rings. The zero-order valence-electron chi connectivity index (χ0n) is 11.9. The van der Waals surface area contributed by atoms with E-state index in [1.54, 1.807) is 0 Å². The number of anilines is 3. The predicted octanol–water partition coefficient (Wildman–Crippen LogP) is 1.57. The minimum Gasteiger partial charge on any atom is -0.387 e. The van der Waals surface area contributed by atoms with Crippen molar-refractivity contribution in [1.29, 1.82) is 0 Å². The number of nitro benzene ring substituents is 3. The molecular formula is C11H14N6O6. The van der Waals surface area contributed by atoms with Crippen LogP contribution in [0.3, 0.4) is 0 Å². The third-order valence-corrected chi connectivity index (χ3v) is 3.69. The van der Waals surface area contributed by atoms with Crippen molar-refractivity contribution in [2.45, 2.75) is 19.3 Å². The molecule has 0 spiro atoms. The quantitative estimate of drug-likeness (QED) is 0.470. The highest BCUT2D eigenvalue weighted by atomic mass is 16.6. The summed E-state index contributed by atoms with van der Waals surface area (Å²) in [6, 6.07) is 0. The molecule has 1 aliphatic heterocycles. The van der Waals surface area contributed by atoms with Crippen LogP contribution in [0, 0.1) is 30.3 Å². The van der Waals surface area contributed by atoms with Crippen molar-refractivity contribution in [1.82, 2.24) is 0 Å². The minimum absolute atomic E-state index is 0.346. The molecule has 1 aliphatic rings. The van der Waals surface area contributed by atoms with Crippen molar-refractivity contribution in [2.75, 3.05) is 29.5 Å². The number of nitro groups is 3. The van der Waals surface area contributed by atoms with Gasteiger partial charge in [0.1, 0.15) is 0 Å². The van der Waals surface area contributed by atoms with Crippen molar-refractivity contribution in [3.63, 3.8) is 0 Å². The first kappa shape index (κ1) is 16.2. The second-order valence-electron chi connectivity index (χ2n) is 5.04. The fourth-order valence-electron chi connectivity index (χ4n) is 2.72. The maximum Gasteiger partial charge on any atom is 0.329 e. The molecule has 12 nitrogen and oxygen atoms in total. The van der Waals surface area contributed by atoms with E-state index in [4.69, 9.17) is 11.5 Å². The maximum absolute atomic E-state index is 11.4. The van der Waals surface area contributed by atoms with E-state index in [0.29, 0.717) is 25.9 Å². The summed E-state index contributed by atoms with van der Waals surface area (Å²) in [6.45, 7) is 0.691. The molecule has 2 rings (SSSR count). The second kappa shape index (κ2) is 5.90. The van der Waals surface area contributed by atoms with Crippen LogP contribution in [0.2, 0.25) is 0 Å². The lowest BCUT2D eigenvalue weighted by Crippen LogP contribution is -2.31. The Bertz CT molecular complexity index is 658. The van der Waals surface area contributed by atoms with Gasteiger partial charge in [0.2, 0.25) is 0 Å². The van der Waals surface area contributed by atoms with Crippen LogP contribution in [0.15, 0.2) is 0 Å². The highest BCUT2D eigenvalue weighted by Gasteiger charge is 2.42. The Balaban J connectivity index is 2.88. The summed E-state index contributed by atoms with van der Waals surface area (Å²) < 4.78 is 0. The molecule has 124 valence electrons. The third-order valence-electron chi connectivity index (χ3n) is 3.69. The molecule has 1 heterocycles.